The molecule has 3 aliphatic rings. The van der Waals surface area contributed by atoms with Crippen molar-refractivity contribution in [3.63, 3.8) is 0 Å². The first-order valence-electron chi connectivity index (χ1n) is 11.8. The average molecular weight is 477 g/mol. The minimum absolute atomic E-state index is 0. The van der Waals surface area contributed by atoms with E-state index in [0.29, 0.717) is 17.4 Å². The number of rotatable bonds is 8. The van der Waals surface area contributed by atoms with Gasteiger partial charge in [0.05, 0.1) is 5.38 Å². The van der Waals surface area contributed by atoms with Crippen LogP contribution < -0.4 is 5.32 Å². The molecule has 3 rings (SSSR count). The second-order valence-electron chi connectivity index (χ2n) is 10.8. The van der Waals surface area contributed by atoms with E-state index in [1.807, 2.05) is 0 Å². The van der Waals surface area contributed by atoms with E-state index < -0.39 is 0 Å². The second-order valence-corrected chi connectivity index (χ2v) is 11.3. The van der Waals surface area contributed by atoms with Gasteiger partial charge in [-0.1, -0.05) is 66.2 Å². The van der Waals surface area contributed by atoms with Gasteiger partial charge in [-0.2, -0.15) is 0 Å². The highest BCUT2D eigenvalue weighted by Crippen LogP contribution is 2.41. The van der Waals surface area contributed by atoms with Crippen LogP contribution in [0.4, 0.5) is 0 Å². The summed E-state index contributed by atoms with van der Waals surface area (Å²) in [5, 5.41) is 4.16. The molecule has 192 valence electrons. The van der Waals surface area contributed by atoms with E-state index in [1.54, 1.807) is 0 Å². The highest BCUT2D eigenvalue weighted by Gasteiger charge is 2.38. The molecule has 1 saturated carbocycles. The van der Waals surface area contributed by atoms with Crippen molar-refractivity contribution in [3.8, 4) is 0 Å². The molecule has 1 heterocycles. The van der Waals surface area contributed by atoms with Gasteiger partial charge in [0.15, 0.2) is 0 Å². The van der Waals surface area contributed by atoms with E-state index in [0.717, 1.165) is 18.3 Å². The monoisotopic (exact) mass is 476 g/mol. The highest BCUT2D eigenvalue weighted by atomic mass is 35.5. The van der Waals surface area contributed by atoms with Crippen LogP contribution in [0.5, 0.6) is 0 Å². The summed E-state index contributed by atoms with van der Waals surface area (Å²) in [4.78, 5) is 2.74. The SMILES string of the molecule is C.CC(C)C[C@H](CN1CCC(C2=CCC(Cl)C=C2)C(C)(C)C1)NCC1CCCC1.O.O.O. The van der Waals surface area contributed by atoms with Gasteiger partial charge in [0.1, 0.15) is 0 Å². The maximum Gasteiger partial charge on any atom is 0.0553 e. The van der Waals surface area contributed by atoms with Crippen molar-refractivity contribution in [2.75, 3.05) is 26.2 Å². The lowest BCUT2D eigenvalue weighted by molar-refractivity contribution is 0.0652. The van der Waals surface area contributed by atoms with E-state index in [4.69, 9.17) is 11.6 Å². The van der Waals surface area contributed by atoms with Gasteiger partial charge >= 0.3 is 0 Å². The first-order valence-corrected chi connectivity index (χ1v) is 12.2. The number of nitrogens with zero attached hydrogens (tertiary/aromatic N) is 1. The Hall–Kier alpha value is -0.430. The molecule has 1 saturated heterocycles. The molecule has 0 bridgehead atoms. The minimum Gasteiger partial charge on any atom is -0.412 e. The Morgan fingerprint density at radius 3 is 2.31 bits per heavy atom. The Balaban J connectivity index is 0. The van der Waals surface area contributed by atoms with E-state index in [-0.39, 0.29) is 29.2 Å². The van der Waals surface area contributed by atoms with Crippen molar-refractivity contribution >= 4 is 11.6 Å². The van der Waals surface area contributed by atoms with Gasteiger partial charge in [-0.05, 0) is 73.9 Å². The maximum atomic E-state index is 6.24. The molecule has 2 aliphatic carbocycles. The van der Waals surface area contributed by atoms with Crippen LogP contribution in [0, 0.1) is 23.2 Å². The van der Waals surface area contributed by atoms with Crippen LogP contribution in [-0.4, -0.2) is 58.9 Å². The van der Waals surface area contributed by atoms with Crippen LogP contribution in [-0.2, 0) is 0 Å². The molecule has 0 aromatic heterocycles. The van der Waals surface area contributed by atoms with Gasteiger partial charge in [0, 0.05) is 19.1 Å². The lowest BCUT2D eigenvalue weighted by atomic mass is 9.69. The fraction of sp³-hybridized carbons (Fsp3) is 0.846. The van der Waals surface area contributed by atoms with Crippen LogP contribution in [0.1, 0.15) is 80.1 Å². The first-order chi connectivity index (χ1) is 13.3. The number of hydrogen-bond acceptors (Lipinski definition) is 2. The fourth-order valence-electron chi connectivity index (χ4n) is 5.76. The van der Waals surface area contributed by atoms with Crippen LogP contribution >= 0.6 is 11.6 Å². The van der Waals surface area contributed by atoms with Crippen molar-refractivity contribution in [1.29, 1.82) is 0 Å². The first kappa shape index (κ1) is 33.7. The predicted octanol–water partition coefficient (Wildman–Crippen LogP) is 4.18. The summed E-state index contributed by atoms with van der Waals surface area (Å²) in [6.07, 6.45) is 16.2. The lowest BCUT2D eigenvalue weighted by Crippen LogP contribution is -2.51. The van der Waals surface area contributed by atoms with Crippen LogP contribution in [0.15, 0.2) is 23.8 Å². The molecule has 0 aromatic carbocycles. The van der Waals surface area contributed by atoms with Gasteiger partial charge in [-0.15, -0.1) is 11.6 Å². The van der Waals surface area contributed by atoms with Crippen LogP contribution in [0.3, 0.4) is 0 Å². The Morgan fingerprint density at radius 2 is 1.78 bits per heavy atom. The fourth-order valence-corrected chi connectivity index (χ4v) is 5.92. The quantitative estimate of drug-likeness (QED) is 0.530. The largest absolute Gasteiger partial charge is 0.412 e. The van der Waals surface area contributed by atoms with Gasteiger partial charge in [-0.3, -0.25) is 0 Å². The third kappa shape index (κ3) is 9.82. The van der Waals surface area contributed by atoms with E-state index in [9.17, 15) is 0 Å². The molecule has 0 spiro atoms. The zero-order valence-electron chi connectivity index (χ0n) is 20.2. The number of halogens is 1. The molecule has 0 amide bonds. The smallest absolute Gasteiger partial charge is 0.0553 e. The minimum atomic E-state index is 0. The number of alkyl halides is 1. The van der Waals surface area contributed by atoms with E-state index in [1.165, 1.54) is 70.3 Å². The molecule has 6 heteroatoms. The second kappa shape index (κ2) is 15.5. The molecule has 0 radical (unpaired) electrons. The van der Waals surface area contributed by atoms with Crippen molar-refractivity contribution < 1.29 is 16.4 Å². The molecule has 5 nitrogen and oxygen atoms in total. The standard InChI is InChI=1S/C25H43ClN2.CH4.3H2O/c1-19(2)15-23(27-16-20-7-5-6-8-20)17-28-14-13-24(25(3,4)18-28)21-9-11-22(26)12-10-21;;;;/h9-11,19-20,22-24,27H,5-8,12-18H2,1-4H3;1H4;3*1H2/t22?,23-,24?;;;;/m1..../s1. The van der Waals surface area contributed by atoms with Crippen LogP contribution in [0.2, 0.25) is 0 Å². The molecule has 7 N–H and O–H groups in total. The van der Waals surface area contributed by atoms with Crippen molar-refractivity contribution in [2.45, 2.75) is 91.5 Å². The van der Waals surface area contributed by atoms with Crippen LogP contribution in [0.25, 0.3) is 0 Å². The zero-order valence-corrected chi connectivity index (χ0v) is 21.0. The molecule has 1 aliphatic heterocycles. The van der Waals surface area contributed by atoms with Crippen molar-refractivity contribution in [3.05, 3.63) is 23.8 Å². The molecule has 0 aromatic rings. The molecular formula is C26H53ClN2O3. The van der Waals surface area contributed by atoms with Gasteiger partial charge in [0.25, 0.3) is 0 Å². The van der Waals surface area contributed by atoms with Gasteiger partial charge in [0.2, 0.25) is 0 Å². The summed E-state index contributed by atoms with van der Waals surface area (Å²) in [5.41, 5.74) is 1.85. The Kier molecular flexibility index (Phi) is 16.3. The van der Waals surface area contributed by atoms with Crippen molar-refractivity contribution in [1.82, 2.24) is 10.2 Å². The number of hydrogen-bond donors (Lipinski definition) is 1. The summed E-state index contributed by atoms with van der Waals surface area (Å²) < 4.78 is 0. The average Bonchev–Trinajstić information content (AvgIpc) is 3.13. The summed E-state index contributed by atoms with van der Waals surface area (Å²) in [5.74, 6) is 2.35. The summed E-state index contributed by atoms with van der Waals surface area (Å²) in [7, 11) is 0. The number of piperidine rings is 1. The van der Waals surface area contributed by atoms with E-state index in [2.05, 4.69) is 56.1 Å². The number of allylic oxidation sites excluding steroid dienone is 4. The number of likely N-dealkylation sites (tertiary alicyclic amines) is 1. The molecule has 2 fully saturated rings. The lowest BCUT2D eigenvalue weighted by Gasteiger charge is -2.46. The maximum absolute atomic E-state index is 6.24. The zero-order chi connectivity index (χ0) is 20.1. The normalized spacial score (nSPS) is 26.2. The van der Waals surface area contributed by atoms with E-state index >= 15 is 0 Å². The third-order valence-electron chi connectivity index (χ3n) is 7.19. The highest BCUT2D eigenvalue weighted by molar-refractivity contribution is 6.22. The predicted molar refractivity (Wildman–Crippen MR) is 141 cm³/mol. The topological polar surface area (TPSA) is 110 Å². The van der Waals surface area contributed by atoms with Gasteiger partial charge < -0.3 is 26.6 Å². The number of nitrogens with one attached hydrogen (secondary N) is 1. The Morgan fingerprint density at radius 1 is 1.12 bits per heavy atom. The van der Waals surface area contributed by atoms with Gasteiger partial charge in [-0.25, -0.2) is 0 Å². The molecular weight excluding hydrogens is 424 g/mol. The molecule has 2 unspecified atom stereocenters. The summed E-state index contributed by atoms with van der Waals surface area (Å²) in [6.45, 7) is 14.5. The third-order valence-corrected chi connectivity index (χ3v) is 7.52. The summed E-state index contributed by atoms with van der Waals surface area (Å²) in [6, 6.07) is 0.638. The summed E-state index contributed by atoms with van der Waals surface area (Å²) >= 11 is 6.24. The molecule has 3 atom stereocenters. The Bertz CT molecular complexity index is 559. The molecule has 32 heavy (non-hydrogen) atoms. The Labute approximate surface area is 203 Å². The van der Waals surface area contributed by atoms with Crippen molar-refractivity contribution in [2.24, 2.45) is 23.2 Å².